The summed E-state index contributed by atoms with van der Waals surface area (Å²) in [4.78, 5) is 0.0521. The molecule has 0 radical (unpaired) electrons. The lowest BCUT2D eigenvalue weighted by molar-refractivity contribution is 0.585. The first-order chi connectivity index (χ1) is 13.1. The van der Waals surface area contributed by atoms with E-state index in [2.05, 4.69) is 4.72 Å². The van der Waals surface area contributed by atoms with Crippen molar-refractivity contribution >= 4 is 43.0 Å². The minimum Gasteiger partial charge on any atom is -0.280 e. The molecule has 1 aliphatic rings. The van der Waals surface area contributed by atoms with Crippen LogP contribution in [0.3, 0.4) is 0 Å². The predicted molar refractivity (Wildman–Crippen MR) is 113 cm³/mol. The van der Waals surface area contributed by atoms with E-state index in [1.54, 1.807) is 31.2 Å². The van der Waals surface area contributed by atoms with Gasteiger partial charge in [-0.1, -0.05) is 30.7 Å². The molecule has 3 rings (SSSR count). The van der Waals surface area contributed by atoms with E-state index < -0.39 is 20.0 Å². The van der Waals surface area contributed by atoms with Crippen molar-refractivity contribution in [2.24, 2.45) is 0 Å². The molecule has 0 aliphatic carbocycles. The highest BCUT2D eigenvalue weighted by atomic mass is 35.5. The van der Waals surface area contributed by atoms with E-state index in [9.17, 15) is 16.8 Å². The third-order valence-corrected chi connectivity index (χ3v) is 8.43. The van der Waals surface area contributed by atoms with Gasteiger partial charge >= 0.3 is 0 Å². The fourth-order valence-electron chi connectivity index (χ4n) is 3.22. The van der Waals surface area contributed by atoms with Crippen molar-refractivity contribution in [1.82, 2.24) is 0 Å². The maximum Gasteiger partial charge on any atom is 0.261 e. The Bertz CT molecular complexity index is 1100. The summed E-state index contributed by atoms with van der Waals surface area (Å²) in [5, 5.41) is 0.366. The maximum absolute atomic E-state index is 12.7. The molecule has 2 aromatic rings. The average Bonchev–Trinajstić information content (AvgIpc) is 2.63. The van der Waals surface area contributed by atoms with Crippen LogP contribution in [0.2, 0.25) is 5.02 Å². The molecule has 0 bridgehead atoms. The second kappa shape index (κ2) is 7.93. The Balaban J connectivity index is 1.95. The van der Waals surface area contributed by atoms with Crippen LogP contribution in [0.4, 0.5) is 11.4 Å². The molecule has 28 heavy (non-hydrogen) atoms. The number of rotatable bonds is 6. The van der Waals surface area contributed by atoms with Gasteiger partial charge in [0.25, 0.3) is 10.0 Å². The Morgan fingerprint density at radius 3 is 2.54 bits per heavy atom. The first-order valence-corrected chi connectivity index (χ1v) is 12.5. The van der Waals surface area contributed by atoms with Crippen molar-refractivity contribution in [2.75, 3.05) is 21.3 Å². The zero-order chi connectivity index (χ0) is 20.5. The minimum atomic E-state index is -3.84. The van der Waals surface area contributed by atoms with Crippen LogP contribution in [0.5, 0.6) is 0 Å². The maximum atomic E-state index is 12.7. The predicted octanol–water partition coefficient (Wildman–Crippen LogP) is 3.94. The van der Waals surface area contributed by atoms with Gasteiger partial charge in [0.2, 0.25) is 10.0 Å². The summed E-state index contributed by atoms with van der Waals surface area (Å²) in [5.74, 6) is 0.0598. The monoisotopic (exact) mass is 442 g/mol. The molecule has 1 heterocycles. The second-order valence-corrected chi connectivity index (χ2v) is 11.0. The minimum absolute atomic E-state index is 0.0521. The number of hydrogen-bond donors (Lipinski definition) is 1. The van der Waals surface area contributed by atoms with Gasteiger partial charge in [-0.2, -0.15) is 0 Å². The van der Waals surface area contributed by atoms with Crippen LogP contribution in [-0.2, 0) is 26.5 Å². The highest BCUT2D eigenvalue weighted by molar-refractivity contribution is 7.93. The molecule has 6 nitrogen and oxygen atoms in total. The molecule has 0 fully saturated rings. The van der Waals surface area contributed by atoms with Gasteiger partial charge in [0.15, 0.2) is 0 Å². The first kappa shape index (κ1) is 21.0. The Hall–Kier alpha value is -1.77. The van der Waals surface area contributed by atoms with Gasteiger partial charge in [0.05, 0.1) is 22.0 Å². The number of hydrogen-bond acceptors (Lipinski definition) is 4. The van der Waals surface area contributed by atoms with Crippen molar-refractivity contribution in [2.45, 2.75) is 38.0 Å². The van der Waals surface area contributed by atoms with Crippen molar-refractivity contribution in [3.05, 3.63) is 52.5 Å². The zero-order valence-electron chi connectivity index (χ0n) is 15.8. The number of nitrogens with zero attached hydrogens (tertiary/aromatic N) is 1. The summed E-state index contributed by atoms with van der Waals surface area (Å²) >= 11 is 6.05. The molecule has 0 amide bonds. The van der Waals surface area contributed by atoms with E-state index in [-0.39, 0.29) is 10.6 Å². The van der Waals surface area contributed by atoms with Gasteiger partial charge in [-0.3, -0.25) is 9.03 Å². The van der Waals surface area contributed by atoms with Crippen LogP contribution in [0.1, 0.15) is 30.9 Å². The fourth-order valence-corrected chi connectivity index (χ4v) is 6.15. The normalized spacial score (nSPS) is 14.6. The Morgan fingerprint density at radius 2 is 1.86 bits per heavy atom. The molecule has 2 aromatic carbocycles. The van der Waals surface area contributed by atoms with E-state index in [1.165, 1.54) is 16.4 Å². The topological polar surface area (TPSA) is 83.6 Å². The highest BCUT2D eigenvalue weighted by Crippen LogP contribution is 2.33. The summed E-state index contributed by atoms with van der Waals surface area (Å²) in [6, 6.07) is 9.55. The summed E-state index contributed by atoms with van der Waals surface area (Å²) in [7, 11) is -7.28. The number of nitrogens with one attached hydrogen (secondary N) is 1. The third-order valence-electron chi connectivity index (χ3n) is 4.66. The Kier molecular flexibility index (Phi) is 5.93. The molecular formula is C19H23ClN2O4S2. The van der Waals surface area contributed by atoms with Gasteiger partial charge in [-0.05, 0) is 61.6 Å². The number of fused-ring (bicyclic) bond motifs is 1. The molecule has 9 heteroatoms. The molecule has 0 unspecified atom stereocenters. The lowest BCUT2D eigenvalue weighted by Gasteiger charge is -2.31. The number of aryl methyl sites for hydroxylation is 2. The van der Waals surface area contributed by atoms with Crippen LogP contribution in [-0.4, -0.2) is 29.1 Å². The van der Waals surface area contributed by atoms with Crippen LogP contribution in [0.25, 0.3) is 0 Å². The molecular weight excluding hydrogens is 420 g/mol. The van der Waals surface area contributed by atoms with E-state index in [0.29, 0.717) is 29.4 Å². The largest absolute Gasteiger partial charge is 0.280 e. The molecule has 0 saturated carbocycles. The van der Waals surface area contributed by atoms with Crippen molar-refractivity contribution in [3.8, 4) is 0 Å². The lowest BCUT2D eigenvalue weighted by Crippen LogP contribution is -2.37. The zero-order valence-corrected chi connectivity index (χ0v) is 18.2. The number of sulfonamides is 2. The molecule has 1 aliphatic heterocycles. The molecule has 0 saturated heterocycles. The Labute approximate surface area is 171 Å². The third kappa shape index (κ3) is 4.29. The molecule has 1 N–H and O–H groups in total. The van der Waals surface area contributed by atoms with Gasteiger partial charge < -0.3 is 0 Å². The summed E-state index contributed by atoms with van der Waals surface area (Å²) in [5.41, 5.74) is 2.54. The second-order valence-electron chi connectivity index (χ2n) is 6.85. The van der Waals surface area contributed by atoms with Crippen molar-refractivity contribution in [3.63, 3.8) is 0 Å². The number of benzene rings is 2. The smallest absolute Gasteiger partial charge is 0.261 e. The first-order valence-electron chi connectivity index (χ1n) is 9.06. The highest BCUT2D eigenvalue weighted by Gasteiger charge is 2.27. The number of halogens is 1. The number of anilines is 2. The van der Waals surface area contributed by atoms with Crippen molar-refractivity contribution < 1.29 is 16.8 Å². The van der Waals surface area contributed by atoms with Gasteiger partial charge in [-0.25, -0.2) is 16.8 Å². The fraction of sp³-hybridized carbons (Fsp3) is 0.368. The average molecular weight is 443 g/mol. The van der Waals surface area contributed by atoms with Crippen LogP contribution in [0.15, 0.2) is 41.3 Å². The Morgan fingerprint density at radius 1 is 1.11 bits per heavy atom. The van der Waals surface area contributed by atoms with Crippen molar-refractivity contribution in [1.29, 1.82) is 0 Å². The van der Waals surface area contributed by atoms with Crippen LogP contribution < -0.4 is 9.03 Å². The van der Waals surface area contributed by atoms with Gasteiger partial charge in [-0.15, -0.1) is 0 Å². The molecule has 0 aromatic heterocycles. The van der Waals surface area contributed by atoms with Gasteiger partial charge in [0.1, 0.15) is 0 Å². The quantitative estimate of drug-likeness (QED) is 0.734. The van der Waals surface area contributed by atoms with E-state index in [4.69, 9.17) is 11.6 Å². The van der Waals surface area contributed by atoms with Gasteiger partial charge in [0, 0.05) is 11.6 Å². The lowest BCUT2D eigenvalue weighted by atomic mass is 10.0. The molecule has 0 atom stereocenters. The van der Waals surface area contributed by atoms with E-state index >= 15 is 0 Å². The van der Waals surface area contributed by atoms with E-state index in [0.717, 1.165) is 24.0 Å². The summed E-state index contributed by atoms with van der Waals surface area (Å²) in [6.45, 7) is 4.01. The molecule has 152 valence electrons. The van der Waals surface area contributed by atoms with Crippen LogP contribution in [0, 0.1) is 6.92 Å². The van der Waals surface area contributed by atoms with E-state index in [1.807, 2.05) is 6.92 Å². The SMILES string of the molecule is CCCS(=O)(=O)N1CCCc2ccc(NS(=O)(=O)c3ccc(C)c(Cl)c3)cc21. The molecule has 0 spiro atoms. The summed E-state index contributed by atoms with van der Waals surface area (Å²) < 4.78 is 54.6. The summed E-state index contributed by atoms with van der Waals surface area (Å²) in [6.07, 6.45) is 2.02. The standard InChI is InChI=1S/C19H23ClN2O4S2/c1-3-11-27(23,24)22-10-4-5-15-7-8-16(12-19(15)22)21-28(25,26)17-9-6-14(2)18(20)13-17/h6-9,12-13,21H,3-5,10-11H2,1-2H3. The van der Waals surface area contributed by atoms with Crippen LogP contribution >= 0.6 is 11.6 Å².